The van der Waals surface area contributed by atoms with Gasteiger partial charge in [0.05, 0.1) is 37.4 Å². The van der Waals surface area contributed by atoms with Crippen molar-refractivity contribution in [3.05, 3.63) is 23.3 Å². The molecule has 0 spiro atoms. The minimum atomic E-state index is -0.997. The minimum absolute atomic E-state index is 0.00269. The highest BCUT2D eigenvalue weighted by Crippen LogP contribution is 2.65. The molecule has 7 rings (SSSR count). The zero-order chi connectivity index (χ0) is 41.3. The Balaban J connectivity index is 1.22. The lowest BCUT2D eigenvalue weighted by Crippen LogP contribution is -2.65. The normalized spacial score (nSPS) is 28.5. The Bertz CT molecular complexity index is 1710. The monoisotopic (exact) mass is 784 g/mol. The number of hydrogen-bond donors (Lipinski definition) is 1. The van der Waals surface area contributed by atoms with E-state index in [0.717, 1.165) is 12.8 Å². The summed E-state index contributed by atoms with van der Waals surface area (Å²) in [6.45, 7) is 22.6. The molecule has 2 amide bonds. The minimum Gasteiger partial charge on any atom is -0.486 e. The third-order valence-corrected chi connectivity index (χ3v) is 11.7. The van der Waals surface area contributed by atoms with E-state index in [1.165, 1.54) is 9.80 Å². The van der Waals surface area contributed by atoms with Crippen molar-refractivity contribution >= 4 is 31.2 Å². The number of aliphatic hydroxyl groups excluding tert-OH is 1. The summed E-state index contributed by atoms with van der Waals surface area (Å²) in [7, 11) is -0.485. The first-order chi connectivity index (χ1) is 25.7. The summed E-state index contributed by atoms with van der Waals surface area (Å²) in [4.78, 5) is 56.6. The molecule has 0 radical (unpaired) electrons. The summed E-state index contributed by atoms with van der Waals surface area (Å²) < 4.78 is 42.2. The van der Waals surface area contributed by atoms with E-state index < -0.39 is 60.4 Å². The fraction of sp³-hybridized carbons (Fsp3) is 0.756. The number of aryl methyl sites for hydroxylation is 1. The summed E-state index contributed by atoms with van der Waals surface area (Å²) in [6.07, 6.45) is -0.109. The fourth-order valence-corrected chi connectivity index (χ4v) is 8.90. The SMILES string of the molecule is CC(C)(C)OC(=O)Oc1c(CCB2O[C@@H]3C[C@@H]4C[C@@H](C4(C)C)[C@]3(C)O2)ccc(OC2CN(C(=O)C3C[C@@H](O)CN3C(=O)OC(C)(C)C)C2)c1C(=O)OC(C)(C)C. The zero-order valence-electron chi connectivity index (χ0n) is 35.2. The first-order valence-electron chi connectivity index (χ1n) is 20.0. The maximum absolute atomic E-state index is 14.0. The molecule has 3 saturated heterocycles. The van der Waals surface area contributed by atoms with Crippen molar-refractivity contribution in [1.29, 1.82) is 0 Å². The van der Waals surface area contributed by atoms with Gasteiger partial charge in [-0.2, -0.15) is 0 Å². The summed E-state index contributed by atoms with van der Waals surface area (Å²) in [5.74, 6) is -0.0299. The molecule has 1 N–H and O–H groups in total. The van der Waals surface area contributed by atoms with Crippen molar-refractivity contribution in [1.82, 2.24) is 9.80 Å². The lowest BCUT2D eigenvalue weighted by atomic mass is 9.43. The molecule has 3 aliphatic carbocycles. The molecular formula is C41H61BN2O12. The average molecular weight is 785 g/mol. The second kappa shape index (κ2) is 14.7. The van der Waals surface area contributed by atoms with Crippen LogP contribution in [-0.4, -0.2) is 113 Å². The quantitative estimate of drug-likeness (QED) is 0.138. The first kappa shape index (κ1) is 42.1. The van der Waals surface area contributed by atoms with Crippen LogP contribution in [0.25, 0.3) is 0 Å². The molecule has 15 heteroatoms. The number of likely N-dealkylation sites (tertiary alicyclic amines) is 2. The van der Waals surface area contributed by atoms with Crippen LogP contribution in [0.1, 0.15) is 118 Å². The molecule has 14 nitrogen and oxygen atoms in total. The Morgan fingerprint density at radius 2 is 1.52 bits per heavy atom. The van der Waals surface area contributed by atoms with E-state index >= 15 is 0 Å². The van der Waals surface area contributed by atoms with Crippen LogP contribution in [0.3, 0.4) is 0 Å². The van der Waals surface area contributed by atoms with Crippen LogP contribution in [-0.2, 0) is 34.7 Å². The van der Waals surface area contributed by atoms with E-state index in [0.29, 0.717) is 30.1 Å². The number of ether oxygens (including phenoxy) is 5. The molecule has 310 valence electrons. The van der Waals surface area contributed by atoms with Crippen molar-refractivity contribution < 1.29 is 57.3 Å². The van der Waals surface area contributed by atoms with Gasteiger partial charge in [-0.25, -0.2) is 14.4 Å². The van der Waals surface area contributed by atoms with Crippen molar-refractivity contribution in [2.24, 2.45) is 17.3 Å². The number of benzene rings is 1. The van der Waals surface area contributed by atoms with Crippen LogP contribution in [0.2, 0.25) is 6.32 Å². The maximum atomic E-state index is 14.0. The highest BCUT2D eigenvalue weighted by molar-refractivity contribution is 6.45. The molecule has 1 aromatic rings. The first-order valence-corrected chi connectivity index (χ1v) is 20.0. The molecule has 0 aromatic heterocycles. The number of nitrogens with zero attached hydrogens (tertiary/aromatic N) is 2. The van der Waals surface area contributed by atoms with Crippen molar-refractivity contribution in [3.63, 3.8) is 0 Å². The third-order valence-electron chi connectivity index (χ3n) is 11.7. The molecule has 3 heterocycles. The van der Waals surface area contributed by atoms with Gasteiger partial charge >= 0.3 is 25.3 Å². The molecule has 1 unspecified atom stereocenters. The second-order valence-corrected chi connectivity index (χ2v) is 20.0. The van der Waals surface area contributed by atoms with E-state index in [4.69, 9.17) is 33.0 Å². The number of carbonyl (C=O) groups is 4. The Morgan fingerprint density at radius 1 is 0.875 bits per heavy atom. The predicted octanol–water partition coefficient (Wildman–Crippen LogP) is 6.19. The van der Waals surface area contributed by atoms with Crippen LogP contribution < -0.4 is 9.47 Å². The van der Waals surface area contributed by atoms with E-state index in [1.807, 2.05) is 0 Å². The van der Waals surface area contributed by atoms with Crippen LogP contribution in [0.4, 0.5) is 9.59 Å². The lowest BCUT2D eigenvalue weighted by Gasteiger charge is -2.64. The van der Waals surface area contributed by atoms with Crippen LogP contribution >= 0.6 is 0 Å². The van der Waals surface area contributed by atoms with Gasteiger partial charge in [-0.1, -0.05) is 19.9 Å². The smallest absolute Gasteiger partial charge is 0.486 e. The molecule has 6 aliphatic rings. The Hall–Kier alpha value is -3.56. The zero-order valence-corrected chi connectivity index (χ0v) is 35.2. The standard InChI is InChI=1S/C41H61BN2O12/c1-37(2,3)52-34(47)31-28(50-26-21-43(22-26)33(46)27-19-25(45)20-44(27)35(48)53-38(4,5)6)14-13-23(32(31)51-36(49)54-39(7,8)9)15-16-42-55-30-18-24-17-29(40(24,10)11)41(30,12)56-42/h13-14,24-27,29-30,45H,15-22H2,1-12H3/t24-,25+,27?,29-,30+,41-/m0/s1. The van der Waals surface area contributed by atoms with Gasteiger partial charge in [0.25, 0.3) is 0 Å². The second-order valence-electron chi connectivity index (χ2n) is 20.0. The lowest BCUT2D eigenvalue weighted by molar-refractivity contribution is -0.199. The number of hydrogen-bond acceptors (Lipinski definition) is 12. The molecule has 56 heavy (non-hydrogen) atoms. The molecule has 3 saturated carbocycles. The van der Waals surface area contributed by atoms with Gasteiger partial charge < -0.3 is 43.0 Å². The van der Waals surface area contributed by atoms with E-state index in [-0.39, 0.29) is 66.1 Å². The van der Waals surface area contributed by atoms with Crippen LogP contribution in [0.15, 0.2) is 12.1 Å². The maximum Gasteiger partial charge on any atom is 0.514 e. The number of amides is 2. The molecule has 3 aliphatic heterocycles. The van der Waals surface area contributed by atoms with E-state index in [1.54, 1.807) is 74.4 Å². The van der Waals surface area contributed by atoms with Gasteiger partial charge in [0.15, 0.2) is 5.75 Å². The summed E-state index contributed by atoms with van der Waals surface area (Å²) >= 11 is 0. The third kappa shape index (κ3) is 8.79. The van der Waals surface area contributed by atoms with Gasteiger partial charge in [0.1, 0.15) is 40.3 Å². The Kier molecular flexibility index (Phi) is 11.0. The number of esters is 1. The summed E-state index contributed by atoms with van der Waals surface area (Å²) in [5.41, 5.74) is -2.28. The molecule has 2 bridgehead atoms. The molecule has 6 atom stereocenters. The molecule has 1 aromatic carbocycles. The number of rotatable bonds is 8. The van der Waals surface area contributed by atoms with Crippen LogP contribution in [0.5, 0.6) is 11.5 Å². The van der Waals surface area contributed by atoms with Crippen molar-refractivity contribution in [2.75, 3.05) is 19.6 Å². The Labute approximate surface area is 331 Å². The van der Waals surface area contributed by atoms with Gasteiger partial charge in [0.2, 0.25) is 5.91 Å². The number of β-amino-alcohol motifs (C(OH)–C–C–N with tert-alkyl or cyclic N) is 1. The van der Waals surface area contributed by atoms with Gasteiger partial charge in [-0.3, -0.25) is 9.69 Å². The number of carbonyl (C=O) groups excluding carboxylic acids is 4. The van der Waals surface area contributed by atoms with Gasteiger partial charge in [-0.15, -0.1) is 0 Å². The topological polar surface area (TPSA) is 160 Å². The Morgan fingerprint density at radius 3 is 2.12 bits per heavy atom. The van der Waals surface area contributed by atoms with E-state index in [9.17, 15) is 24.3 Å². The van der Waals surface area contributed by atoms with E-state index in [2.05, 4.69) is 20.8 Å². The van der Waals surface area contributed by atoms with Gasteiger partial charge in [0, 0.05) is 6.42 Å². The van der Waals surface area contributed by atoms with Crippen LogP contribution in [0, 0.1) is 17.3 Å². The van der Waals surface area contributed by atoms with Crippen molar-refractivity contribution in [2.45, 2.75) is 162 Å². The van der Waals surface area contributed by atoms with Gasteiger partial charge in [-0.05, 0) is 124 Å². The highest BCUT2D eigenvalue weighted by atomic mass is 16.7. The summed E-state index contributed by atoms with van der Waals surface area (Å²) in [5, 5.41) is 10.4. The number of aliphatic hydroxyl groups is 1. The predicted molar refractivity (Wildman–Crippen MR) is 205 cm³/mol. The molecule has 6 fully saturated rings. The highest BCUT2D eigenvalue weighted by Gasteiger charge is 2.67. The average Bonchev–Trinajstić information content (AvgIpc) is 3.58. The largest absolute Gasteiger partial charge is 0.514 e. The fourth-order valence-electron chi connectivity index (χ4n) is 8.90. The van der Waals surface area contributed by atoms with Crippen molar-refractivity contribution in [3.8, 4) is 11.5 Å². The summed E-state index contributed by atoms with van der Waals surface area (Å²) in [6, 6.07) is 2.50. The molecular weight excluding hydrogens is 723 g/mol.